The highest BCUT2D eigenvalue weighted by molar-refractivity contribution is 6.28. The van der Waals surface area contributed by atoms with Gasteiger partial charge in [0.1, 0.15) is 0 Å². The van der Waals surface area contributed by atoms with Gasteiger partial charge in [-0.1, -0.05) is 0 Å². The molecule has 14 heavy (non-hydrogen) atoms. The zero-order chi connectivity index (χ0) is 11.3. The van der Waals surface area contributed by atoms with Crippen molar-refractivity contribution >= 4 is 17.9 Å². The average Bonchev–Trinajstić information content (AvgIpc) is 2.12. The molecule has 8 heteroatoms. The molecule has 0 unspecified atom stereocenters. The number of hydrogen-bond acceptors (Lipinski definition) is 6. The molecule has 2 atom stereocenters. The maximum Gasteiger partial charge on any atom is 0.417 e. The molecule has 0 bridgehead atoms. The monoisotopic (exact) mass is 208 g/mol. The van der Waals surface area contributed by atoms with E-state index in [2.05, 4.69) is 4.74 Å². The summed E-state index contributed by atoms with van der Waals surface area (Å²) in [6.07, 6.45) is -3.96. The van der Waals surface area contributed by atoms with Gasteiger partial charge in [0.15, 0.2) is 12.2 Å². The first-order valence-electron chi connectivity index (χ1n) is 3.35. The molecule has 0 saturated heterocycles. The number of aliphatic hydroxyl groups excluding tert-OH is 2. The van der Waals surface area contributed by atoms with Gasteiger partial charge < -0.3 is 25.2 Å². The van der Waals surface area contributed by atoms with Crippen molar-refractivity contribution in [3.8, 4) is 0 Å². The van der Waals surface area contributed by atoms with Crippen molar-refractivity contribution < 1.29 is 39.5 Å². The Balaban J connectivity index is 4.36. The first-order valence-corrected chi connectivity index (χ1v) is 3.35. The third-order valence-electron chi connectivity index (χ3n) is 1.22. The van der Waals surface area contributed by atoms with Gasteiger partial charge in [-0.2, -0.15) is 0 Å². The first kappa shape index (κ1) is 12.3. The molecule has 4 N–H and O–H groups in total. The van der Waals surface area contributed by atoms with Crippen LogP contribution in [0, 0.1) is 0 Å². The minimum atomic E-state index is -2.16. The fourth-order valence-electron chi connectivity index (χ4n) is 0.548. The second kappa shape index (κ2) is 5.14. The molecule has 0 fully saturated rings. The molecule has 8 nitrogen and oxygen atoms in total. The minimum absolute atomic E-state index is 0.994. The smallest absolute Gasteiger partial charge is 0.417 e. The van der Waals surface area contributed by atoms with Gasteiger partial charge in [0.05, 0.1) is 6.61 Å². The van der Waals surface area contributed by atoms with Crippen LogP contribution in [0.25, 0.3) is 0 Å². The predicted molar refractivity (Wildman–Crippen MR) is 38.2 cm³/mol. The molecule has 0 saturated carbocycles. The normalized spacial score (nSPS) is 14.1. The molecule has 0 spiro atoms. The summed E-state index contributed by atoms with van der Waals surface area (Å²) in [5.74, 6) is -5.42. The van der Waals surface area contributed by atoms with Crippen molar-refractivity contribution in [1.29, 1.82) is 0 Å². The molecule has 0 aliphatic rings. The van der Waals surface area contributed by atoms with E-state index in [0.717, 1.165) is 0 Å². The van der Waals surface area contributed by atoms with E-state index < -0.39 is 36.7 Å². The van der Waals surface area contributed by atoms with Gasteiger partial charge in [0.25, 0.3) is 0 Å². The van der Waals surface area contributed by atoms with E-state index in [1.165, 1.54) is 0 Å². The molecule has 0 rings (SSSR count). The van der Waals surface area contributed by atoms with Gasteiger partial charge in [-0.05, 0) is 0 Å². The lowest BCUT2D eigenvalue weighted by atomic mass is 10.2. The lowest BCUT2D eigenvalue weighted by Gasteiger charge is -2.16. The Bertz CT molecular complexity index is 246. The van der Waals surface area contributed by atoms with E-state index in [1.54, 1.807) is 0 Å². The molecule has 80 valence electrons. The Morgan fingerprint density at radius 3 is 2.00 bits per heavy atom. The van der Waals surface area contributed by atoms with Crippen LogP contribution >= 0.6 is 0 Å². The predicted octanol–water partition coefficient (Wildman–Crippen LogP) is -2.58. The fourth-order valence-corrected chi connectivity index (χ4v) is 0.548. The maximum absolute atomic E-state index is 10.4. The third-order valence-corrected chi connectivity index (χ3v) is 1.22. The molecule has 0 aromatic rings. The van der Waals surface area contributed by atoms with Crippen LogP contribution < -0.4 is 0 Å². The Morgan fingerprint density at radius 1 is 1.21 bits per heavy atom. The number of carbonyl (C=O) groups is 3. The molecule has 0 amide bonds. The number of aliphatic carboxylic acids is 2. The SMILES string of the molecule is O=C(O)C(=O)O[C@@H](CO)[C@@H](O)C(=O)O. The maximum atomic E-state index is 10.4. The van der Waals surface area contributed by atoms with Crippen LogP contribution in [0.3, 0.4) is 0 Å². The number of rotatable bonds is 4. The van der Waals surface area contributed by atoms with E-state index in [9.17, 15) is 14.4 Å². The summed E-state index contributed by atoms with van der Waals surface area (Å²) in [5, 5.41) is 33.6. The largest absolute Gasteiger partial charge is 0.479 e. The van der Waals surface area contributed by atoms with E-state index in [1.807, 2.05) is 0 Å². The Labute approximate surface area is 77.3 Å². The van der Waals surface area contributed by atoms with E-state index in [0.29, 0.717) is 0 Å². The highest BCUT2D eigenvalue weighted by Crippen LogP contribution is 2.00. The summed E-state index contributed by atoms with van der Waals surface area (Å²) in [7, 11) is 0. The summed E-state index contributed by atoms with van der Waals surface area (Å²) in [4.78, 5) is 30.5. The average molecular weight is 208 g/mol. The molecule has 0 heterocycles. The molecular weight excluding hydrogens is 200 g/mol. The molecule has 0 aromatic carbocycles. The van der Waals surface area contributed by atoms with Crippen LogP contribution in [0.5, 0.6) is 0 Å². The Hall–Kier alpha value is -1.67. The molecule has 0 aromatic heterocycles. The zero-order valence-electron chi connectivity index (χ0n) is 6.78. The molecular formula is C6H8O8. The summed E-state index contributed by atoms with van der Waals surface area (Å²) < 4.78 is 3.96. The van der Waals surface area contributed by atoms with Crippen LogP contribution in [-0.2, 0) is 19.1 Å². The van der Waals surface area contributed by atoms with Gasteiger partial charge in [-0.3, -0.25) is 0 Å². The highest BCUT2D eigenvalue weighted by atomic mass is 16.6. The van der Waals surface area contributed by atoms with Crippen molar-refractivity contribution in [3.05, 3.63) is 0 Å². The second-order valence-corrected chi connectivity index (χ2v) is 2.21. The zero-order valence-corrected chi connectivity index (χ0v) is 6.78. The van der Waals surface area contributed by atoms with Crippen LogP contribution in [0.4, 0.5) is 0 Å². The van der Waals surface area contributed by atoms with Crippen molar-refractivity contribution in [2.45, 2.75) is 12.2 Å². The van der Waals surface area contributed by atoms with Gasteiger partial charge in [-0.15, -0.1) is 0 Å². The van der Waals surface area contributed by atoms with Crippen molar-refractivity contribution in [3.63, 3.8) is 0 Å². The lowest BCUT2D eigenvalue weighted by Crippen LogP contribution is -2.41. The molecule has 0 aliphatic heterocycles. The first-order chi connectivity index (χ1) is 6.40. The number of ether oxygens (including phenoxy) is 1. The topological polar surface area (TPSA) is 141 Å². The summed E-state index contributed by atoms with van der Waals surface area (Å²) in [6.45, 7) is -0.994. The fraction of sp³-hybridized carbons (Fsp3) is 0.500. The van der Waals surface area contributed by atoms with Crippen molar-refractivity contribution in [1.82, 2.24) is 0 Å². The number of esters is 1. The molecule has 0 aliphatic carbocycles. The summed E-state index contributed by atoms with van der Waals surface area (Å²) >= 11 is 0. The van der Waals surface area contributed by atoms with Gasteiger partial charge in [-0.25, -0.2) is 14.4 Å². The summed E-state index contributed by atoms with van der Waals surface area (Å²) in [6, 6.07) is 0. The van der Waals surface area contributed by atoms with E-state index in [-0.39, 0.29) is 0 Å². The second-order valence-electron chi connectivity index (χ2n) is 2.21. The Kier molecular flexibility index (Phi) is 4.53. The van der Waals surface area contributed by atoms with Crippen LogP contribution in [0.15, 0.2) is 0 Å². The van der Waals surface area contributed by atoms with E-state index in [4.69, 9.17) is 20.4 Å². The number of carboxylic acids is 2. The van der Waals surface area contributed by atoms with Crippen molar-refractivity contribution in [2.75, 3.05) is 6.61 Å². The quantitative estimate of drug-likeness (QED) is 0.291. The number of carboxylic acid groups (broad SMARTS) is 2. The standard InChI is InChI=1S/C6H8O8/c7-1-2(3(8)4(9)10)14-6(13)5(11)12/h2-3,7-8H,1H2,(H,9,10)(H,11,12)/t2-,3+/m0/s1. The minimum Gasteiger partial charge on any atom is -0.479 e. The lowest BCUT2D eigenvalue weighted by molar-refractivity contribution is -0.177. The molecule has 0 radical (unpaired) electrons. The van der Waals surface area contributed by atoms with E-state index >= 15 is 0 Å². The highest BCUT2D eigenvalue weighted by Gasteiger charge is 2.30. The Morgan fingerprint density at radius 2 is 1.71 bits per heavy atom. The van der Waals surface area contributed by atoms with Gasteiger partial charge in [0, 0.05) is 0 Å². The van der Waals surface area contributed by atoms with Crippen LogP contribution in [-0.4, -0.2) is 57.1 Å². The number of carbonyl (C=O) groups excluding carboxylic acids is 1. The van der Waals surface area contributed by atoms with Gasteiger partial charge >= 0.3 is 17.9 Å². The van der Waals surface area contributed by atoms with Crippen LogP contribution in [0.2, 0.25) is 0 Å². The third kappa shape index (κ3) is 3.37. The number of hydrogen-bond donors (Lipinski definition) is 4. The summed E-state index contributed by atoms with van der Waals surface area (Å²) in [5.41, 5.74) is 0. The van der Waals surface area contributed by atoms with Crippen LogP contribution in [0.1, 0.15) is 0 Å². The number of aliphatic hydroxyl groups is 2. The van der Waals surface area contributed by atoms with Gasteiger partial charge in [0.2, 0.25) is 0 Å². The van der Waals surface area contributed by atoms with Crippen molar-refractivity contribution in [2.24, 2.45) is 0 Å².